The maximum atomic E-state index is 12.1. The maximum Gasteiger partial charge on any atom is 0.241 e. The third-order valence-corrected chi connectivity index (χ3v) is 5.20. The van der Waals surface area contributed by atoms with Crippen LogP contribution in [-0.4, -0.2) is 15.0 Å². The van der Waals surface area contributed by atoms with Crippen LogP contribution in [0.1, 0.15) is 33.1 Å². The van der Waals surface area contributed by atoms with E-state index in [0.29, 0.717) is 22.6 Å². The summed E-state index contributed by atoms with van der Waals surface area (Å²) < 4.78 is 27.3. The van der Waals surface area contributed by atoms with Gasteiger partial charge in [-0.05, 0) is 46.5 Å². The lowest BCUT2D eigenvalue weighted by atomic mass is 10.1. The molecule has 0 saturated heterocycles. The van der Waals surface area contributed by atoms with Gasteiger partial charge in [0, 0.05) is 16.7 Å². The third kappa shape index (κ3) is 5.50. The van der Waals surface area contributed by atoms with Crippen LogP contribution >= 0.6 is 15.9 Å². The average molecular weight is 349 g/mol. The fourth-order valence-corrected chi connectivity index (χ4v) is 3.76. The van der Waals surface area contributed by atoms with Gasteiger partial charge < -0.3 is 5.73 Å². The van der Waals surface area contributed by atoms with Gasteiger partial charge in [0.2, 0.25) is 10.0 Å². The number of anilines is 1. The highest BCUT2D eigenvalue weighted by Gasteiger charge is 2.17. The number of rotatable bonds is 7. The number of nitrogens with two attached hydrogens (primary N) is 1. The summed E-state index contributed by atoms with van der Waals surface area (Å²) in [5, 5.41) is 0. The molecule has 3 N–H and O–H groups in total. The Kier molecular flexibility index (Phi) is 6.29. The van der Waals surface area contributed by atoms with Crippen LogP contribution in [0.5, 0.6) is 0 Å². The molecule has 0 fully saturated rings. The van der Waals surface area contributed by atoms with Crippen LogP contribution in [0, 0.1) is 5.92 Å². The molecule has 0 radical (unpaired) electrons. The molecule has 0 aromatic heterocycles. The fourth-order valence-electron chi connectivity index (χ4n) is 1.69. The molecule has 6 heteroatoms. The number of nitrogen functional groups attached to an aromatic ring is 1. The van der Waals surface area contributed by atoms with Crippen LogP contribution in [0.25, 0.3) is 0 Å². The Morgan fingerprint density at radius 3 is 2.63 bits per heavy atom. The topological polar surface area (TPSA) is 72.2 Å². The van der Waals surface area contributed by atoms with E-state index in [0.717, 1.165) is 19.3 Å². The van der Waals surface area contributed by atoms with E-state index in [9.17, 15) is 8.42 Å². The van der Waals surface area contributed by atoms with Gasteiger partial charge in [0.25, 0.3) is 0 Å². The number of benzene rings is 1. The lowest BCUT2D eigenvalue weighted by Crippen LogP contribution is -2.25. The molecule has 0 atom stereocenters. The van der Waals surface area contributed by atoms with Crippen molar-refractivity contribution >= 4 is 31.6 Å². The molecule has 1 aromatic carbocycles. The van der Waals surface area contributed by atoms with E-state index in [1.165, 1.54) is 6.07 Å². The van der Waals surface area contributed by atoms with Crippen molar-refractivity contribution < 1.29 is 8.42 Å². The van der Waals surface area contributed by atoms with Crippen molar-refractivity contribution in [3.8, 4) is 0 Å². The van der Waals surface area contributed by atoms with Crippen LogP contribution in [0.3, 0.4) is 0 Å². The van der Waals surface area contributed by atoms with Crippen LogP contribution in [0.4, 0.5) is 5.69 Å². The monoisotopic (exact) mass is 348 g/mol. The molecule has 0 aliphatic rings. The first-order chi connectivity index (χ1) is 8.83. The zero-order valence-electron chi connectivity index (χ0n) is 11.3. The van der Waals surface area contributed by atoms with Gasteiger partial charge in [-0.2, -0.15) is 0 Å². The molecular weight excluding hydrogens is 328 g/mol. The standard InChI is InChI=1S/C13H21BrN2O2S/c1-10(2)5-3-4-8-16-19(17,18)13-9-11(15)6-7-12(13)14/h6-7,9-10,16H,3-5,8,15H2,1-2H3. The summed E-state index contributed by atoms with van der Waals surface area (Å²) in [5.41, 5.74) is 6.05. The van der Waals surface area contributed by atoms with E-state index in [1.54, 1.807) is 12.1 Å². The second-order valence-electron chi connectivity index (χ2n) is 4.98. The van der Waals surface area contributed by atoms with Gasteiger partial charge in [0.05, 0.1) is 4.90 Å². The zero-order valence-corrected chi connectivity index (χ0v) is 13.7. The molecule has 1 aromatic rings. The van der Waals surface area contributed by atoms with Crippen LogP contribution in [0.15, 0.2) is 27.6 Å². The summed E-state index contributed by atoms with van der Waals surface area (Å²) in [4.78, 5) is 0.191. The molecule has 108 valence electrons. The summed E-state index contributed by atoms with van der Waals surface area (Å²) in [6.07, 6.45) is 2.99. The number of hydrogen-bond donors (Lipinski definition) is 2. The number of unbranched alkanes of at least 4 members (excludes halogenated alkanes) is 1. The highest BCUT2D eigenvalue weighted by Crippen LogP contribution is 2.24. The minimum atomic E-state index is -3.49. The molecule has 1 rings (SSSR count). The minimum absolute atomic E-state index is 0.191. The Hall–Kier alpha value is -0.590. The molecule has 0 aliphatic heterocycles. The first kappa shape index (κ1) is 16.5. The van der Waals surface area contributed by atoms with E-state index >= 15 is 0 Å². The lowest BCUT2D eigenvalue weighted by Gasteiger charge is -2.09. The maximum absolute atomic E-state index is 12.1. The van der Waals surface area contributed by atoms with Crippen molar-refractivity contribution in [2.24, 2.45) is 5.92 Å². The van der Waals surface area contributed by atoms with Crippen LogP contribution in [-0.2, 0) is 10.0 Å². The predicted molar refractivity (Wildman–Crippen MR) is 82.4 cm³/mol. The Morgan fingerprint density at radius 2 is 2.00 bits per heavy atom. The van der Waals surface area contributed by atoms with E-state index in [1.807, 2.05) is 0 Å². The first-order valence-corrected chi connectivity index (χ1v) is 8.65. The van der Waals surface area contributed by atoms with Crippen LogP contribution in [0.2, 0.25) is 0 Å². The van der Waals surface area contributed by atoms with Gasteiger partial charge in [-0.3, -0.25) is 0 Å². The highest BCUT2D eigenvalue weighted by atomic mass is 79.9. The molecule has 0 unspecified atom stereocenters. The fraction of sp³-hybridized carbons (Fsp3) is 0.538. The number of halogens is 1. The summed E-state index contributed by atoms with van der Waals surface area (Å²) >= 11 is 3.23. The molecule has 0 spiro atoms. The van der Waals surface area contributed by atoms with Crippen LogP contribution < -0.4 is 10.5 Å². The zero-order chi connectivity index (χ0) is 14.5. The van der Waals surface area contributed by atoms with Crippen molar-refractivity contribution in [2.75, 3.05) is 12.3 Å². The van der Waals surface area contributed by atoms with Gasteiger partial charge in [0.1, 0.15) is 0 Å². The van der Waals surface area contributed by atoms with Gasteiger partial charge in [-0.1, -0.05) is 26.7 Å². The summed E-state index contributed by atoms with van der Waals surface area (Å²) in [7, 11) is -3.49. The number of nitrogens with one attached hydrogen (secondary N) is 1. The second kappa shape index (κ2) is 7.26. The molecule has 0 bridgehead atoms. The minimum Gasteiger partial charge on any atom is -0.399 e. The highest BCUT2D eigenvalue weighted by molar-refractivity contribution is 9.10. The molecule has 0 heterocycles. The predicted octanol–water partition coefficient (Wildman–Crippen LogP) is 3.14. The lowest BCUT2D eigenvalue weighted by molar-refractivity contribution is 0.530. The average Bonchev–Trinajstić information content (AvgIpc) is 2.31. The molecule has 0 saturated carbocycles. The van der Waals surface area contributed by atoms with Gasteiger partial charge in [0.15, 0.2) is 0 Å². The molecular formula is C13H21BrN2O2S. The number of sulfonamides is 1. The van der Waals surface area contributed by atoms with Crippen molar-refractivity contribution in [2.45, 2.75) is 38.0 Å². The van der Waals surface area contributed by atoms with Crippen molar-refractivity contribution in [1.82, 2.24) is 4.72 Å². The van der Waals surface area contributed by atoms with E-state index in [2.05, 4.69) is 34.5 Å². The van der Waals surface area contributed by atoms with Gasteiger partial charge >= 0.3 is 0 Å². The van der Waals surface area contributed by atoms with E-state index in [-0.39, 0.29) is 4.90 Å². The Labute approximate surface area is 124 Å². The van der Waals surface area contributed by atoms with Crippen molar-refractivity contribution in [1.29, 1.82) is 0 Å². The molecule has 0 amide bonds. The normalized spacial score (nSPS) is 12.0. The van der Waals surface area contributed by atoms with Gasteiger partial charge in [-0.15, -0.1) is 0 Å². The molecule has 19 heavy (non-hydrogen) atoms. The Balaban J connectivity index is 2.59. The molecule has 0 aliphatic carbocycles. The van der Waals surface area contributed by atoms with Crippen molar-refractivity contribution in [3.05, 3.63) is 22.7 Å². The molecule has 4 nitrogen and oxygen atoms in total. The number of hydrogen-bond acceptors (Lipinski definition) is 3. The van der Waals surface area contributed by atoms with E-state index in [4.69, 9.17) is 5.73 Å². The SMILES string of the molecule is CC(C)CCCCNS(=O)(=O)c1cc(N)ccc1Br. The quantitative estimate of drug-likeness (QED) is 0.587. The Bertz CT molecular complexity index is 515. The largest absolute Gasteiger partial charge is 0.399 e. The smallest absolute Gasteiger partial charge is 0.241 e. The van der Waals surface area contributed by atoms with Gasteiger partial charge in [-0.25, -0.2) is 13.1 Å². The Morgan fingerprint density at radius 1 is 1.32 bits per heavy atom. The third-order valence-electron chi connectivity index (χ3n) is 2.75. The van der Waals surface area contributed by atoms with E-state index < -0.39 is 10.0 Å². The summed E-state index contributed by atoms with van der Waals surface area (Å²) in [6, 6.07) is 4.76. The van der Waals surface area contributed by atoms with Crippen molar-refractivity contribution in [3.63, 3.8) is 0 Å². The second-order valence-corrected chi connectivity index (χ2v) is 7.57. The first-order valence-electron chi connectivity index (χ1n) is 6.37. The summed E-state index contributed by atoms with van der Waals surface area (Å²) in [5.74, 6) is 0.652. The summed E-state index contributed by atoms with van der Waals surface area (Å²) in [6.45, 7) is 4.78.